The van der Waals surface area contributed by atoms with Crippen molar-refractivity contribution in [2.24, 2.45) is 10.7 Å². The quantitative estimate of drug-likeness (QED) is 0.374. The second-order valence-corrected chi connectivity index (χ2v) is 7.31. The van der Waals surface area contributed by atoms with Crippen LogP contribution in [0.25, 0.3) is 0 Å². The SMILES string of the molecule is NC(=NCCCCN1CCN(c2ccccc2)CC1)Nc1ccccc1OC(F)(F)F. The van der Waals surface area contributed by atoms with Crippen LogP contribution in [0.2, 0.25) is 0 Å². The minimum atomic E-state index is -4.77. The number of anilines is 2. The number of rotatable bonds is 8. The van der Waals surface area contributed by atoms with E-state index in [1.807, 2.05) is 6.07 Å². The van der Waals surface area contributed by atoms with Gasteiger partial charge < -0.3 is 20.7 Å². The number of nitrogens with two attached hydrogens (primary N) is 1. The van der Waals surface area contributed by atoms with E-state index in [-0.39, 0.29) is 17.4 Å². The van der Waals surface area contributed by atoms with Crippen molar-refractivity contribution in [3.8, 4) is 5.75 Å². The monoisotopic (exact) mass is 435 g/mol. The van der Waals surface area contributed by atoms with Gasteiger partial charge in [-0.25, -0.2) is 0 Å². The van der Waals surface area contributed by atoms with Crippen LogP contribution in [-0.2, 0) is 0 Å². The van der Waals surface area contributed by atoms with Gasteiger partial charge >= 0.3 is 6.36 Å². The third-order valence-electron chi connectivity index (χ3n) is 5.03. The van der Waals surface area contributed by atoms with Gasteiger partial charge in [0.25, 0.3) is 0 Å². The molecule has 31 heavy (non-hydrogen) atoms. The second-order valence-electron chi connectivity index (χ2n) is 7.31. The highest BCUT2D eigenvalue weighted by atomic mass is 19.4. The lowest BCUT2D eigenvalue weighted by molar-refractivity contribution is -0.274. The molecule has 168 valence electrons. The highest BCUT2D eigenvalue weighted by molar-refractivity contribution is 5.93. The van der Waals surface area contributed by atoms with E-state index < -0.39 is 6.36 Å². The lowest BCUT2D eigenvalue weighted by Gasteiger charge is -2.36. The Morgan fingerprint density at radius 1 is 0.968 bits per heavy atom. The van der Waals surface area contributed by atoms with Crippen LogP contribution in [-0.4, -0.2) is 56.5 Å². The molecule has 1 aliphatic rings. The van der Waals surface area contributed by atoms with E-state index in [1.54, 1.807) is 6.07 Å². The molecule has 2 aromatic carbocycles. The van der Waals surface area contributed by atoms with E-state index >= 15 is 0 Å². The third kappa shape index (κ3) is 7.67. The summed E-state index contributed by atoms with van der Waals surface area (Å²) >= 11 is 0. The summed E-state index contributed by atoms with van der Waals surface area (Å²) < 4.78 is 41.5. The summed E-state index contributed by atoms with van der Waals surface area (Å²) in [6, 6.07) is 16.2. The lowest BCUT2D eigenvalue weighted by Crippen LogP contribution is -2.46. The van der Waals surface area contributed by atoms with Gasteiger partial charge in [0, 0.05) is 38.4 Å². The number of guanidine groups is 1. The van der Waals surface area contributed by atoms with Crippen LogP contribution in [0.1, 0.15) is 12.8 Å². The molecular weight excluding hydrogens is 407 g/mol. The molecule has 0 bridgehead atoms. The molecule has 1 fully saturated rings. The molecule has 0 aliphatic carbocycles. The highest BCUT2D eigenvalue weighted by Gasteiger charge is 2.32. The molecule has 0 amide bonds. The first kappa shape index (κ1) is 22.7. The Morgan fingerprint density at radius 2 is 1.65 bits per heavy atom. The van der Waals surface area contributed by atoms with Crippen molar-refractivity contribution in [2.75, 3.05) is 49.5 Å². The molecule has 0 saturated carbocycles. The number of hydrogen-bond donors (Lipinski definition) is 2. The van der Waals surface area contributed by atoms with Crippen LogP contribution in [0.15, 0.2) is 59.6 Å². The molecule has 9 heteroatoms. The van der Waals surface area contributed by atoms with E-state index in [2.05, 4.69) is 49.1 Å². The predicted octanol–water partition coefficient (Wildman–Crippen LogP) is 3.91. The fourth-order valence-corrected chi connectivity index (χ4v) is 3.48. The Kier molecular flexibility index (Phi) is 8.00. The standard InChI is InChI=1S/C22H28F3N5O/c23-22(24,25)31-20-11-5-4-10-19(20)28-21(26)27-12-6-7-13-29-14-16-30(17-15-29)18-8-2-1-3-9-18/h1-5,8-11H,6-7,12-17H2,(H3,26,27,28). The minimum Gasteiger partial charge on any atom is -0.404 e. The van der Waals surface area contributed by atoms with Crippen molar-refractivity contribution in [2.45, 2.75) is 19.2 Å². The Hall–Kier alpha value is -2.94. The number of piperazine rings is 1. The maximum Gasteiger partial charge on any atom is 0.573 e. The van der Waals surface area contributed by atoms with E-state index in [1.165, 1.54) is 23.9 Å². The summed E-state index contributed by atoms with van der Waals surface area (Å²) in [7, 11) is 0. The van der Waals surface area contributed by atoms with Gasteiger partial charge in [-0.1, -0.05) is 30.3 Å². The molecule has 1 heterocycles. The van der Waals surface area contributed by atoms with Gasteiger partial charge in [-0.2, -0.15) is 0 Å². The Bertz CT molecular complexity index is 837. The maximum absolute atomic E-state index is 12.5. The number of ether oxygens (including phenoxy) is 1. The molecule has 0 spiro atoms. The van der Waals surface area contributed by atoms with Gasteiger partial charge in [-0.05, 0) is 43.7 Å². The molecule has 3 N–H and O–H groups in total. The van der Waals surface area contributed by atoms with Crippen molar-refractivity contribution in [1.82, 2.24) is 4.90 Å². The molecular formula is C22H28F3N5O. The van der Waals surface area contributed by atoms with Crippen LogP contribution in [0, 0.1) is 0 Å². The van der Waals surface area contributed by atoms with Crippen LogP contribution in [0.4, 0.5) is 24.5 Å². The summed E-state index contributed by atoms with van der Waals surface area (Å²) in [4.78, 5) is 9.05. The van der Waals surface area contributed by atoms with Gasteiger partial charge in [-0.15, -0.1) is 13.2 Å². The summed E-state index contributed by atoms with van der Waals surface area (Å²) in [5.74, 6) is -0.280. The number of unbranched alkanes of at least 4 members (excludes halogenated alkanes) is 1. The number of hydrogen-bond acceptors (Lipinski definition) is 4. The largest absolute Gasteiger partial charge is 0.573 e. The summed E-state index contributed by atoms with van der Waals surface area (Å²) in [5, 5.41) is 2.68. The van der Waals surface area contributed by atoms with Gasteiger partial charge in [-0.3, -0.25) is 9.89 Å². The average Bonchev–Trinajstić information content (AvgIpc) is 2.75. The number of nitrogens with zero attached hydrogens (tertiary/aromatic N) is 3. The second kappa shape index (κ2) is 10.9. The summed E-state index contributed by atoms with van der Waals surface area (Å²) in [6.07, 6.45) is -2.94. The fraction of sp³-hybridized carbons (Fsp3) is 0.409. The first-order valence-electron chi connectivity index (χ1n) is 10.3. The normalized spacial score (nSPS) is 15.7. The van der Waals surface area contributed by atoms with Crippen LogP contribution in [0.5, 0.6) is 5.75 Å². The van der Waals surface area contributed by atoms with Gasteiger partial charge in [0.05, 0.1) is 5.69 Å². The topological polar surface area (TPSA) is 66.1 Å². The lowest BCUT2D eigenvalue weighted by atomic mass is 10.2. The Labute approximate surface area is 180 Å². The van der Waals surface area contributed by atoms with E-state index in [9.17, 15) is 13.2 Å². The molecule has 1 aliphatic heterocycles. The van der Waals surface area contributed by atoms with E-state index in [0.29, 0.717) is 6.54 Å². The van der Waals surface area contributed by atoms with Gasteiger partial charge in [0.15, 0.2) is 11.7 Å². The first-order chi connectivity index (χ1) is 14.9. The number of para-hydroxylation sites is 3. The van der Waals surface area contributed by atoms with Crippen molar-refractivity contribution >= 4 is 17.3 Å². The number of nitrogens with one attached hydrogen (secondary N) is 1. The molecule has 6 nitrogen and oxygen atoms in total. The molecule has 0 unspecified atom stereocenters. The summed E-state index contributed by atoms with van der Waals surface area (Å²) in [5.41, 5.74) is 7.21. The average molecular weight is 435 g/mol. The zero-order valence-electron chi connectivity index (χ0n) is 17.3. The van der Waals surface area contributed by atoms with Crippen molar-refractivity contribution in [3.63, 3.8) is 0 Å². The van der Waals surface area contributed by atoms with Crippen LogP contribution < -0.4 is 20.7 Å². The smallest absolute Gasteiger partial charge is 0.404 e. The van der Waals surface area contributed by atoms with Gasteiger partial charge in [0.2, 0.25) is 0 Å². The molecule has 3 rings (SSSR count). The number of benzene rings is 2. The predicted molar refractivity (Wildman–Crippen MR) is 118 cm³/mol. The fourth-order valence-electron chi connectivity index (χ4n) is 3.48. The van der Waals surface area contributed by atoms with Crippen LogP contribution in [0.3, 0.4) is 0 Å². The highest BCUT2D eigenvalue weighted by Crippen LogP contribution is 2.29. The molecule has 0 atom stereocenters. The number of aliphatic imine (C=N–C) groups is 1. The third-order valence-corrected chi connectivity index (χ3v) is 5.03. The molecule has 0 radical (unpaired) electrons. The Balaban J connectivity index is 1.35. The van der Waals surface area contributed by atoms with E-state index in [0.717, 1.165) is 45.6 Å². The molecule has 0 aromatic heterocycles. The van der Waals surface area contributed by atoms with Crippen LogP contribution >= 0.6 is 0 Å². The zero-order chi connectivity index (χ0) is 22.1. The Morgan fingerprint density at radius 3 is 2.35 bits per heavy atom. The van der Waals surface area contributed by atoms with Gasteiger partial charge in [0.1, 0.15) is 0 Å². The van der Waals surface area contributed by atoms with Crippen molar-refractivity contribution < 1.29 is 17.9 Å². The number of alkyl halides is 3. The first-order valence-corrected chi connectivity index (χ1v) is 10.3. The molecule has 1 saturated heterocycles. The molecule has 2 aromatic rings. The number of halogens is 3. The summed E-state index contributed by atoms with van der Waals surface area (Å²) in [6.45, 7) is 5.57. The maximum atomic E-state index is 12.5. The van der Waals surface area contributed by atoms with Crippen molar-refractivity contribution in [3.05, 3.63) is 54.6 Å². The van der Waals surface area contributed by atoms with E-state index in [4.69, 9.17) is 5.73 Å². The minimum absolute atomic E-state index is 0.0645. The van der Waals surface area contributed by atoms with Crippen molar-refractivity contribution in [1.29, 1.82) is 0 Å². The zero-order valence-corrected chi connectivity index (χ0v) is 17.3.